The molecule has 1 aliphatic rings. The summed E-state index contributed by atoms with van der Waals surface area (Å²) in [6, 6.07) is 0. The predicted octanol–water partition coefficient (Wildman–Crippen LogP) is 1.89. The Balaban J connectivity index is 2.40. The van der Waals surface area contributed by atoms with Crippen LogP contribution in [0.2, 0.25) is 0 Å². The summed E-state index contributed by atoms with van der Waals surface area (Å²) in [5.41, 5.74) is 0. The van der Waals surface area contributed by atoms with Gasteiger partial charge in [0.2, 0.25) is 0 Å². The Bertz CT molecular complexity index is 207. The number of hydrogen-bond donors (Lipinski definition) is 1. The normalized spacial score (nSPS) is 16.1. The molecule has 0 aromatic rings. The first-order valence-corrected chi connectivity index (χ1v) is 5.98. The Morgan fingerprint density at radius 3 is 2.27 bits per heavy atom. The highest BCUT2D eigenvalue weighted by atomic mass is 15.2. The van der Waals surface area contributed by atoms with E-state index >= 15 is 0 Å². The van der Waals surface area contributed by atoms with Crippen LogP contribution in [0, 0.1) is 17.2 Å². The molecule has 0 amide bonds. The van der Waals surface area contributed by atoms with Crippen molar-refractivity contribution in [3.63, 3.8) is 0 Å². The summed E-state index contributed by atoms with van der Waals surface area (Å²) in [5.74, 6) is 2.10. The number of rotatable bonds is 6. The van der Waals surface area contributed by atoms with Crippen molar-refractivity contribution < 1.29 is 0 Å². The lowest BCUT2D eigenvalue weighted by Gasteiger charge is -2.28. The third-order valence-electron chi connectivity index (χ3n) is 2.71. The fraction of sp³-hybridized carbons (Fsp3) is 0.917. The van der Waals surface area contributed by atoms with Crippen molar-refractivity contribution in [2.75, 3.05) is 33.7 Å². The van der Waals surface area contributed by atoms with Gasteiger partial charge < -0.3 is 9.80 Å². The van der Waals surface area contributed by atoms with Crippen LogP contribution in [0.15, 0.2) is 0 Å². The minimum Gasteiger partial charge on any atom is -0.359 e. The summed E-state index contributed by atoms with van der Waals surface area (Å²) in [6.07, 6.45) is 2.46. The van der Waals surface area contributed by atoms with Crippen molar-refractivity contribution >= 4 is 5.84 Å². The first kappa shape index (κ1) is 12.5. The van der Waals surface area contributed by atoms with Gasteiger partial charge in [0.1, 0.15) is 0 Å². The second-order valence-electron chi connectivity index (χ2n) is 5.30. The third-order valence-corrected chi connectivity index (χ3v) is 2.71. The maximum Gasteiger partial charge on any atom is 0.0990 e. The molecule has 88 valence electrons. The highest BCUT2D eigenvalue weighted by Crippen LogP contribution is 2.31. The number of amidine groups is 1. The van der Waals surface area contributed by atoms with Crippen molar-refractivity contribution in [2.24, 2.45) is 11.8 Å². The highest BCUT2D eigenvalue weighted by molar-refractivity contribution is 5.83. The molecular weight excluding hydrogens is 186 g/mol. The molecule has 0 aromatic carbocycles. The van der Waals surface area contributed by atoms with E-state index in [9.17, 15) is 0 Å². The molecule has 0 unspecified atom stereocenters. The lowest BCUT2D eigenvalue weighted by Crippen LogP contribution is -2.39. The first-order valence-electron chi connectivity index (χ1n) is 5.98. The van der Waals surface area contributed by atoms with E-state index in [0.29, 0.717) is 11.8 Å². The lowest BCUT2D eigenvalue weighted by atomic mass is 10.2. The van der Waals surface area contributed by atoms with Gasteiger partial charge in [0.05, 0.1) is 5.84 Å². The second kappa shape index (κ2) is 5.50. The zero-order chi connectivity index (χ0) is 11.4. The minimum atomic E-state index is 0.575. The van der Waals surface area contributed by atoms with E-state index in [4.69, 9.17) is 5.41 Å². The quantitative estimate of drug-likeness (QED) is 0.537. The SMILES string of the molecule is CC(C)CN(CCN(C)C)C(=N)C1CC1. The molecule has 1 saturated carbocycles. The van der Waals surface area contributed by atoms with Gasteiger partial charge in [0, 0.05) is 25.6 Å². The molecule has 1 rings (SSSR count). The molecule has 0 radical (unpaired) electrons. The van der Waals surface area contributed by atoms with E-state index in [0.717, 1.165) is 25.5 Å². The van der Waals surface area contributed by atoms with Crippen LogP contribution in [0.5, 0.6) is 0 Å². The minimum absolute atomic E-state index is 0.575. The number of likely N-dealkylation sites (N-methyl/N-ethyl adjacent to an activating group) is 1. The Morgan fingerprint density at radius 2 is 1.87 bits per heavy atom. The van der Waals surface area contributed by atoms with Crippen LogP contribution >= 0.6 is 0 Å². The molecule has 15 heavy (non-hydrogen) atoms. The van der Waals surface area contributed by atoms with Crippen molar-refractivity contribution in [3.05, 3.63) is 0 Å². The number of nitrogens with one attached hydrogen (secondary N) is 1. The van der Waals surface area contributed by atoms with Crippen LogP contribution in [0.1, 0.15) is 26.7 Å². The second-order valence-corrected chi connectivity index (χ2v) is 5.30. The van der Waals surface area contributed by atoms with Gasteiger partial charge in [0.15, 0.2) is 0 Å². The van der Waals surface area contributed by atoms with Gasteiger partial charge in [-0.2, -0.15) is 0 Å². The molecule has 1 fully saturated rings. The van der Waals surface area contributed by atoms with Gasteiger partial charge in [-0.05, 0) is 32.9 Å². The predicted molar refractivity (Wildman–Crippen MR) is 65.4 cm³/mol. The molecule has 0 saturated heterocycles. The maximum absolute atomic E-state index is 8.11. The number of hydrogen-bond acceptors (Lipinski definition) is 2. The average molecular weight is 211 g/mol. The molecular formula is C12H25N3. The van der Waals surface area contributed by atoms with Crippen LogP contribution in [0.3, 0.4) is 0 Å². The summed E-state index contributed by atoms with van der Waals surface area (Å²) in [7, 11) is 4.18. The van der Waals surface area contributed by atoms with E-state index in [2.05, 4.69) is 37.7 Å². The first-order chi connectivity index (χ1) is 7.00. The van der Waals surface area contributed by atoms with Crippen LogP contribution in [-0.4, -0.2) is 49.4 Å². The van der Waals surface area contributed by atoms with Crippen molar-refractivity contribution in [1.29, 1.82) is 5.41 Å². The standard InChI is InChI=1S/C12H25N3/c1-10(2)9-15(8-7-14(3)4)12(13)11-5-6-11/h10-11,13H,5-9H2,1-4H3. The molecule has 1 N–H and O–H groups in total. The van der Waals surface area contributed by atoms with Crippen molar-refractivity contribution in [2.45, 2.75) is 26.7 Å². The Kier molecular flexibility index (Phi) is 4.58. The fourth-order valence-electron chi connectivity index (χ4n) is 1.69. The third kappa shape index (κ3) is 4.65. The zero-order valence-corrected chi connectivity index (χ0v) is 10.6. The molecule has 0 spiro atoms. The van der Waals surface area contributed by atoms with E-state index < -0.39 is 0 Å². The zero-order valence-electron chi connectivity index (χ0n) is 10.6. The van der Waals surface area contributed by atoms with Gasteiger partial charge in [-0.3, -0.25) is 5.41 Å². The number of nitrogens with zero attached hydrogens (tertiary/aromatic N) is 2. The van der Waals surface area contributed by atoms with Gasteiger partial charge in [0.25, 0.3) is 0 Å². The van der Waals surface area contributed by atoms with Gasteiger partial charge in [-0.25, -0.2) is 0 Å². The maximum atomic E-state index is 8.11. The molecule has 0 aromatic heterocycles. The van der Waals surface area contributed by atoms with Gasteiger partial charge >= 0.3 is 0 Å². The molecule has 0 heterocycles. The highest BCUT2D eigenvalue weighted by Gasteiger charge is 2.30. The summed E-state index contributed by atoms with van der Waals surface area (Å²) in [4.78, 5) is 4.45. The fourth-order valence-corrected chi connectivity index (χ4v) is 1.69. The summed E-state index contributed by atoms with van der Waals surface area (Å²) < 4.78 is 0. The summed E-state index contributed by atoms with van der Waals surface area (Å²) >= 11 is 0. The van der Waals surface area contributed by atoms with Crippen molar-refractivity contribution in [3.8, 4) is 0 Å². The topological polar surface area (TPSA) is 30.3 Å². The lowest BCUT2D eigenvalue weighted by molar-refractivity contribution is 0.301. The monoisotopic (exact) mass is 211 g/mol. The Hall–Kier alpha value is -0.570. The van der Waals surface area contributed by atoms with E-state index in [-0.39, 0.29) is 0 Å². The van der Waals surface area contributed by atoms with Crippen LogP contribution in [0.4, 0.5) is 0 Å². The van der Waals surface area contributed by atoms with Crippen LogP contribution < -0.4 is 0 Å². The largest absolute Gasteiger partial charge is 0.359 e. The Labute approximate surface area is 94.0 Å². The molecule has 1 aliphatic carbocycles. The smallest absolute Gasteiger partial charge is 0.0990 e. The summed E-state index contributed by atoms with van der Waals surface area (Å²) in [5, 5.41) is 8.11. The molecule has 0 bridgehead atoms. The summed E-state index contributed by atoms with van der Waals surface area (Å²) in [6.45, 7) is 7.52. The van der Waals surface area contributed by atoms with E-state index in [1.165, 1.54) is 12.8 Å². The van der Waals surface area contributed by atoms with Crippen LogP contribution in [-0.2, 0) is 0 Å². The van der Waals surface area contributed by atoms with Crippen LogP contribution in [0.25, 0.3) is 0 Å². The Morgan fingerprint density at radius 1 is 1.27 bits per heavy atom. The molecule has 3 nitrogen and oxygen atoms in total. The average Bonchev–Trinajstić information content (AvgIpc) is 2.93. The molecule has 0 atom stereocenters. The van der Waals surface area contributed by atoms with E-state index in [1.807, 2.05) is 0 Å². The van der Waals surface area contributed by atoms with Crippen molar-refractivity contribution in [1.82, 2.24) is 9.80 Å². The van der Waals surface area contributed by atoms with E-state index in [1.54, 1.807) is 0 Å². The molecule has 0 aliphatic heterocycles. The van der Waals surface area contributed by atoms with Gasteiger partial charge in [-0.15, -0.1) is 0 Å². The molecule has 3 heteroatoms. The van der Waals surface area contributed by atoms with Gasteiger partial charge in [-0.1, -0.05) is 13.8 Å².